The van der Waals surface area contributed by atoms with Crippen LogP contribution in [0.1, 0.15) is 19.8 Å². The third-order valence-electron chi connectivity index (χ3n) is 3.85. The van der Waals surface area contributed by atoms with E-state index in [9.17, 15) is 4.79 Å². The number of nitrogens with one attached hydrogen (secondary N) is 1. The van der Waals surface area contributed by atoms with Crippen molar-refractivity contribution in [1.29, 1.82) is 0 Å². The number of ether oxygens (including phenoxy) is 1. The Morgan fingerprint density at radius 2 is 2.19 bits per heavy atom. The predicted molar refractivity (Wildman–Crippen MR) is 81.7 cm³/mol. The Morgan fingerprint density at radius 1 is 1.43 bits per heavy atom. The Hall–Kier alpha value is -1.59. The number of aliphatic carboxylic acids is 1. The maximum Gasteiger partial charge on any atom is 0.317 e. The second-order valence-electron chi connectivity index (χ2n) is 5.85. The van der Waals surface area contributed by atoms with Gasteiger partial charge in [0.2, 0.25) is 0 Å². The molecule has 1 saturated heterocycles. The second kappa shape index (κ2) is 7.43. The maximum atomic E-state index is 10.6. The molecular weight excluding hydrogens is 268 g/mol. The number of hydrogen-bond acceptors (Lipinski definition) is 4. The molecular formula is C16H24N2O3. The molecule has 0 unspecified atom stereocenters. The molecule has 1 aromatic carbocycles. The smallest absolute Gasteiger partial charge is 0.317 e. The normalized spacial score (nSPS) is 22.3. The zero-order valence-corrected chi connectivity index (χ0v) is 12.5. The fourth-order valence-electron chi connectivity index (χ4n) is 2.68. The summed E-state index contributed by atoms with van der Waals surface area (Å²) in [6.45, 7) is 5.72. The molecule has 0 saturated carbocycles. The van der Waals surface area contributed by atoms with Gasteiger partial charge in [-0.15, -0.1) is 0 Å². The molecule has 1 atom stereocenters. The maximum absolute atomic E-state index is 10.6. The standard InChI is InChI=1S/C16H24N2O3/c1-16(17-12-15(19)20)8-10-18(13-16)9-5-11-21-14-6-3-2-4-7-14/h2-4,6-7,17H,5,8-13H2,1H3,(H,19,20)/t16-/m1/s1. The van der Waals surface area contributed by atoms with Crippen molar-refractivity contribution in [2.45, 2.75) is 25.3 Å². The number of para-hydroxylation sites is 1. The lowest BCUT2D eigenvalue weighted by molar-refractivity contribution is -0.136. The molecule has 5 heteroatoms. The number of nitrogens with zero attached hydrogens (tertiary/aromatic N) is 1. The van der Waals surface area contributed by atoms with E-state index < -0.39 is 5.97 Å². The zero-order valence-electron chi connectivity index (χ0n) is 12.5. The topological polar surface area (TPSA) is 61.8 Å². The van der Waals surface area contributed by atoms with Crippen LogP contribution in [0.2, 0.25) is 0 Å². The Labute approximate surface area is 125 Å². The summed E-state index contributed by atoms with van der Waals surface area (Å²) >= 11 is 0. The minimum Gasteiger partial charge on any atom is -0.494 e. The molecule has 0 radical (unpaired) electrons. The highest BCUT2D eigenvalue weighted by Gasteiger charge is 2.33. The molecule has 0 aromatic heterocycles. The van der Waals surface area contributed by atoms with Crippen molar-refractivity contribution in [3.8, 4) is 5.75 Å². The van der Waals surface area contributed by atoms with Crippen molar-refractivity contribution in [3.05, 3.63) is 30.3 Å². The molecule has 0 amide bonds. The number of likely N-dealkylation sites (tertiary alicyclic amines) is 1. The van der Waals surface area contributed by atoms with Crippen LogP contribution in [-0.2, 0) is 4.79 Å². The van der Waals surface area contributed by atoms with E-state index in [0.717, 1.165) is 38.2 Å². The third-order valence-corrected chi connectivity index (χ3v) is 3.85. The number of carboxylic acid groups (broad SMARTS) is 1. The number of benzene rings is 1. The summed E-state index contributed by atoms with van der Waals surface area (Å²) in [6.07, 6.45) is 1.96. The van der Waals surface area contributed by atoms with Crippen LogP contribution in [0.15, 0.2) is 30.3 Å². The first-order chi connectivity index (χ1) is 10.1. The Bertz CT molecular complexity index is 452. The van der Waals surface area contributed by atoms with Crippen LogP contribution >= 0.6 is 0 Å². The van der Waals surface area contributed by atoms with E-state index in [1.165, 1.54) is 0 Å². The van der Waals surface area contributed by atoms with Crippen molar-refractivity contribution < 1.29 is 14.6 Å². The summed E-state index contributed by atoms with van der Waals surface area (Å²) in [4.78, 5) is 13.0. The summed E-state index contributed by atoms with van der Waals surface area (Å²) in [6, 6.07) is 9.83. The Kier molecular flexibility index (Phi) is 5.59. The lowest BCUT2D eigenvalue weighted by Crippen LogP contribution is -2.47. The molecule has 2 N–H and O–H groups in total. The molecule has 5 nitrogen and oxygen atoms in total. The lowest BCUT2D eigenvalue weighted by Gasteiger charge is -2.25. The average Bonchev–Trinajstić information content (AvgIpc) is 2.85. The van der Waals surface area contributed by atoms with Crippen LogP contribution in [0.4, 0.5) is 0 Å². The van der Waals surface area contributed by atoms with Gasteiger partial charge in [0.25, 0.3) is 0 Å². The van der Waals surface area contributed by atoms with Crippen molar-refractivity contribution >= 4 is 5.97 Å². The number of carboxylic acids is 1. The molecule has 1 aliphatic heterocycles. The van der Waals surface area contributed by atoms with E-state index in [4.69, 9.17) is 9.84 Å². The van der Waals surface area contributed by atoms with Gasteiger partial charge in [-0.3, -0.25) is 4.79 Å². The molecule has 0 bridgehead atoms. The SMILES string of the molecule is C[C@@]1(NCC(=O)O)CCN(CCCOc2ccccc2)C1. The Morgan fingerprint density at radius 3 is 2.90 bits per heavy atom. The van der Waals surface area contributed by atoms with Crippen LogP contribution < -0.4 is 10.1 Å². The van der Waals surface area contributed by atoms with Crippen LogP contribution in [-0.4, -0.2) is 54.3 Å². The molecule has 1 heterocycles. The quantitative estimate of drug-likeness (QED) is 0.713. The number of hydrogen-bond donors (Lipinski definition) is 2. The minimum absolute atomic E-state index is 0.0292. The van der Waals surface area contributed by atoms with Gasteiger partial charge in [-0.2, -0.15) is 0 Å². The molecule has 1 fully saturated rings. The highest BCUT2D eigenvalue weighted by atomic mass is 16.5. The first kappa shape index (κ1) is 15.8. The van der Waals surface area contributed by atoms with Crippen LogP contribution in [0.5, 0.6) is 5.75 Å². The minimum atomic E-state index is -0.800. The van der Waals surface area contributed by atoms with Gasteiger partial charge in [-0.1, -0.05) is 18.2 Å². The van der Waals surface area contributed by atoms with E-state index in [1.807, 2.05) is 30.3 Å². The van der Waals surface area contributed by atoms with Crippen LogP contribution in [0.3, 0.4) is 0 Å². The summed E-state index contributed by atoms with van der Waals surface area (Å²) in [5.41, 5.74) is -0.0846. The average molecular weight is 292 g/mol. The molecule has 1 aliphatic rings. The van der Waals surface area contributed by atoms with Crippen molar-refractivity contribution in [1.82, 2.24) is 10.2 Å². The lowest BCUT2D eigenvalue weighted by atomic mass is 10.0. The van der Waals surface area contributed by atoms with Gasteiger partial charge >= 0.3 is 5.97 Å². The van der Waals surface area contributed by atoms with Gasteiger partial charge in [0.05, 0.1) is 13.2 Å². The van der Waals surface area contributed by atoms with Crippen molar-refractivity contribution in [2.24, 2.45) is 0 Å². The van der Waals surface area contributed by atoms with Gasteiger partial charge in [-0.05, 0) is 31.9 Å². The van der Waals surface area contributed by atoms with Crippen molar-refractivity contribution in [3.63, 3.8) is 0 Å². The van der Waals surface area contributed by atoms with Gasteiger partial charge in [0.15, 0.2) is 0 Å². The van der Waals surface area contributed by atoms with Gasteiger partial charge in [-0.25, -0.2) is 0 Å². The first-order valence-electron chi connectivity index (χ1n) is 7.44. The largest absolute Gasteiger partial charge is 0.494 e. The molecule has 0 spiro atoms. The molecule has 2 rings (SSSR count). The van der Waals surface area contributed by atoms with Gasteiger partial charge < -0.3 is 20.1 Å². The number of rotatable bonds is 8. The second-order valence-corrected chi connectivity index (χ2v) is 5.85. The zero-order chi connectivity index (χ0) is 15.1. The summed E-state index contributed by atoms with van der Waals surface area (Å²) in [5, 5.41) is 11.9. The van der Waals surface area contributed by atoms with E-state index >= 15 is 0 Å². The van der Waals surface area contributed by atoms with E-state index in [-0.39, 0.29) is 12.1 Å². The fraction of sp³-hybridized carbons (Fsp3) is 0.562. The molecule has 0 aliphatic carbocycles. The summed E-state index contributed by atoms with van der Waals surface area (Å²) in [5.74, 6) is 0.109. The van der Waals surface area contributed by atoms with E-state index in [1.54, 1.807) is 0 Å². The fourth-order valence-corrected chi connectivity index (χ4v) is 2.68. The molecule has 21 heavy (non-hydrogen) atoms. The monoisotopic (exact) mass is 292 g/mol. The summed E-state index contributed by atoms with van der Waals surface area (Å²) < 4.78 is 5.68. The van der Waals surface area contributed by atoms with E-state index in [0.29, 0.717) is 6.61 Å². The van der Waals surface area contributed by atoms with Crippen LogP contribution in [0, 0.1) is 0 Å². The number of carbonyl (C=O) groups is 1. The van der Waals surface area contributed by atoms with Gasteiger partial charge in [0.1, 0.15) is 5.75 Å². The predicted octanol–water partition coefficient (Wildman–Crippen LogP) is 1.59. The highest BCUT2D eigenvalue weighted by molar-refractivity contribution is 5.69. The summed E-state index contributed by atoms with van der Waals surface area (Å²) in [7, 11) is 0. The Balaban J connectivity index is 1.63. The van der Waals surface area contributed by atoms with Gasteiger partial charge in [0, 0.05) is 25.2 Å². The van der Waals surface area contributed by atoms with Crippen LogP contribution in [0.25, 0.3) is 0 Å². The molecule has 1 aromatic rings. The third kappa shape index (κ3) is 5.36. The van der Waals surface area contributed by atoms with E-state index in [2.05, 4.69) is 17.1 Å². The van der Waals surface area contributed by atoms with Crippen molar-refractivity contribution in [2.75, 3.05) is 32.8 Å². The first-order valence-corrected chi connectivity index (χ1v) is 7.44. The highest BCUT2D eigenvalue weighted by Crippen LogP contribution is 2.20. The molecule has 116 valence electrons.